The Balaban J connectivity index is 2.75. The van der Waals surface area contributed by atoms with Crippen molar-refractivity contribution in [3.05, 3.63) is 11.6 Å². The van der Waals surface area contributed by atoms with Crippen LogP contribution in [0.2, 0.25) is 0 Å². The largest absolute Gasteiger partial charge is 0.478 e. The number of carbonyl (C=O) groups is 1. The van der Waals surface area contributed by atoms with E-state index in [1.807, 2.05) is 6.92 Å². The summed E-state index contributed by atoms with van der Waals surface area (Å²) in [5.41, 5.74) is 1.17. The van der Waals surface area contributed by atoms with Crippen LogP contribution >= 0.6 is 0 Å². The fourth-order valence-corrected chi connectivity index (χ4v) is 1.27. The topological polar surface area (TPSA) is 49.7 Å². The maximum absolute atomic E-state index is 10.7. The first-order chi connectivity index (χ1) is 5.75. The van der Waals surface area contributed by atoms with Gasteiger partial charge in [0.25, 0.3) is 0 Å². The molecule has 0 atom stereocenters. The Hall–Kier alpha value is -1.12. The summed E-state index contributed by atoms with van der Waals surface area (Å²) >= 11 is 0. The van der Waals surface area contributed by atoms with Gasteiger partial charge in [-0.25, -0.2) is 4.79 Å². The predicted octanol–water partition coefficient (Wildman–Crippen LogP) is 1.64. The number of aliphatic imine (C=N–C) groups is 1. The molecule has 0 aromatic carbocycles. The molecule has 0 bridgehead atoms. The number of carboxylic acid groups (broad SMARTS) is 1. The van der Waals surface area contributed by atoms with Crippen molar-refractivity contribution < 1.29 is 9.90 Å². The molecule has 1 aliphatic rings. The van der Waals surface area contributed by atoms with Crippen LogP contribution in [0.5, 0.6) is 0 Å². The van der Waals surface area contributed by atoms with Gasteiger partial charge in [0.15, 0.2) is 0 Å². The average molecular weight is 167 g/mol. The van der Waals surface area contributed by atoms with Gasteiger partial charge in [-0.05, 0) is 12.8 Å². The number of hydrogen-bond donors (Lipinski definition) is 1. The molecule has 0 fully saturated rings. The first-order valence-electron chi connectivity index (χ1n) is 4.23. The second-order valence-corrected chi connectivity index (χ2v) is 2.79. The average Bonchev–Trinajstić information content (AvgIpc) is 2.05. The number of carboxylic acids is 1. The van der Waals surface area contributed by atoms with Gasteiger partial charge in [-0.3, -0.25) is 4.99 Å². The summed E-state index contributed by atoms with van der Waals surface area (Å²) in [5.74, 6) is -0.845. The molecule has 66 valence electrons. The minimum atomic E-state index is -0.845. The van der Waals surface area contributed by atoms with E-state index in [1.165, 1.54) is 0 Å². The molecule has 0 amide bonds. The van der Waals surface area contributed by atoms with Crippen molar-refractivity contribution in [1.29, 1.82) is 0 Å². The Bertz CT molecular complexity index is 241. The van der Waals surface area contributed by atoms with E-state index in [-0.39, 0.29) is 0 Å². The van der Waals surface area contributed by atoms with Crippen LogP contribution in [0.4, 0.5) is 0 Å². The number of dihydropyridines is 1. The van der Waals surface area contributed by atoms with Gasteiger partial charge < -0.3 is 5.11 Å². The van der Waals surface area contributed by atoms with Crippen LogP contribution in [-0.4, -0.2) is 23.3 Å². The molecule has 0 aromatic rings. The molecular formula is C9H13NO2. The third kappa shape index (κ3) is 1.94. The molecule has 1 heterocycles. The summed E-state index contributed by atoms with van der Waals surface area (Å²) in [6.07, 6.45) is 4.25. The lowest BCUT2D eigenvalue weighted by Crippen LogP contribution is -2.15. The van der Waals surface area contributed by atoms with E-state index in [2.05, 4.69) is 4.99 Å². The minimum absolute atomic E-state index is 0.406. The van der Waals surface area contributed by atoms with Crippen LogP contribution in [0.15, 0.2) is 16.6 Å². The monoisotopic (exact) mass is 167 g/mol. The van der Waals surface area contributed by atoms with E-state index in [0.717, 1.165) is 31.5 Å². The summed E-state index contributed by atoms with van der Waals surface area (Å²) in [6.45, 7) is 2.77. The Kier molecular flexibility index (Phi) is 3.02. The van der Waals surface area contributed by atoms with Gasteiger partial charge in [-0.2, -0.15) is 0 Å². The molecule has 1 aliphatic heterocycles. The lowest BCUT2D eigenvalue weighted by molar-refractivity contribution is -0.132. The molecule has 3 heteroatoms. The van der Waals surface area contributed by atoms with E-state index >= 15 is 0 Å². The van der Waals surface area contributed by atoms with Crippen molar-refractivity contribution in [2.75, 3.05) is 6.54 Å². The molecule has 0 radical (unpaired) electrons. The standard InChI is InChI=1S/C9H13NO2/c1-2-4-8-7(9(11)12)5-3-6-10-8/h5H,2-4,6H2,1H3,(H,11,12). The fourth-order valence-electron chi connectivity index (χ4n) is 1.27. The Labute approximate surface area is 71.8 Å². The summed E-state index contributed by atoms with van der Waals surface area (Å²) in [4.78, 5) is 14.9. The number of rotatable bonds is 3. The first kappa shape index (κ1) is 8.97. The molecular weight excluding hydrogens is 154 g/mol. The summed E-state index contributed by atoms with van der Waals surface area (Å²) in [5, 5.41) is 8.79. The molecule has 0 aromatic heterocycles. The van der Waals surface area contributed by atoms with Crippen molar-refractivity contribution in [2.45, 2.75) is 26.2 Å². The highest BCUT2D eigenvalue weighted by molar-refractivity contribution is 6.19. The zero-order valence-corrected chi connectivity index (χ0v) is 7.21. The molecule has 0 unspecified atom stereocenters. The van der Waals surface area contributed by atoms with E-state index in [1.54, 1.807) is 6.08 Å². The molecule has 0 saturated carbocycles. The third-order valence-electron chi connectivity index (χ3n) is 1.81. The maximum Gasteiger partial charge on any atom is 0.337 e. The molecule has 12 heavy (non-hydrogen) atoms. The van der Waals surface area contributed by atoms with E-state index < -0.39 is 5.97 Å². The summed E-state index contributed by atoms with van der Waals surface area (Å²) in [6, 6.07) is 0. The number of hydrogen-bond acceptors (Lipinski definition) is 2. The Morgan fingerprint density at radius 1 is 1.75 bits per heavy atom. The van der Waals surface area contributed by atoms with E-state index in [4.69, 9.17) is 5.11 Å². The highest BCUT2D eigenvalue weighted by atomic mass is 16.4. The lowest BCUT2D eigenvalue weighted by Gasteiger charge is -2.10. The van der Waals surface area contributed by atoms with E-state index in [9.17, 15) is 4.79 Å². The van der Waals surface area contributed by atoms with Gasteiger partial charge >= 0.3 is 5.97 Å². The zero-order chi connectivity index (χ0) is 8.97. The van der Waals surface area contributed by atoms with Crippen molar-refractivity contribution >= 4 is 11.7 Å². The molecule has 1 N–H and O–H groups in total. The Morgan fingerprint density at radius 2 is 2.50 bits per heavy atom. The maximum atomic E-state index is 10.7. The highest BCUT2D eigenvalue weighted by Gasteiger charge is 2.15. The van der Waals surface area contributed by atoms with Gasteiger partial charge in [0.05, 0.1) is 5.57 Å². The number of aliphatic carboxylic acids is 1. The van der Waals surface area contributed by atoms with Crippen LogP contribution in [0.1, 0.15) is 26.2 Å². The van der Waals surface area contributed by atoms with Crippen molar-refractivity contribution in [1.82, 2.24) is 0 Å². The second-order valence-electron chi connectivity index (χ2n) is 2.79. The highest BCUT2D eigenvalue weighted by Crippen LogP contribution is 2.11. The molecule has 0 aliphatic carbocycles. The third-order valence-corrected chi connectivity index (χ3v) is 1.81. The van der Waals surface area contributed by atoms with Gasteiger partial charge in [0.1, 0.15) is 0 Å². The van der Waals surface area contributed by atoms with Gasteiger partial charge in [-0.15, -0.1) is 0 Å². The van der Waals surface area contributed by atoms with Crippen LogP contribution in [0, 0.1) is 0 Å². The van der Waals surface area contributed by atoms with Crippen molar-refractivity contribution in [3.63, 3.8) is 0 Å². The normalized spacial score (nSPS) is 16.8. The zero-order valence-electron chi connectivity index (χ0n) is 7.21. The summed E-state index contributed by atoms with van der Waals surface area (Å²) < 4.78 is 0. The first-order valence-corrected chi connectivity index (χ1v) is 4.23. The van der Waals surface area contributed by atoms with Crippen molar-refractivity contribution in [2.24, 2.45) is 4.99 Å². The van der Waals surface area contributed by atoms with E-state index in [0.29, 0.717) is 5.57 Å². The van der Waals surface area contributed by atoms with Gasteiger partial charge in [0.2, 0.25) is 0 Å². The molecule has 3 nitrogen and oxygen atoms in total. The minimum Gasteiger partial charge on any atom is -0.478 e. The predicted molar refractivity (Wildman–Crippen MR) is 47.5 cm³/mol. The van der Waals surface area contributed by atoms with Gasteiger partial charge in [0, 0.05) is 12.3 Å². The quantitative estimate of drug-likeness (QED) is 0.694. The smallest absolute Gasteiger partial charge is 0.337 e. The lowest BCUT2D eigenvalue weighted by atomic mass is 10.0. The number of nitrogens with zero attached hydrogens (tertiary/aromatic N) is 1. The van der Waals surface area contributed by atoms with Crippen LogP contribution in [-0.2, 0) is 4.79 Å². The van der Waals surface area contributed by atoms with Crippen LogP contribution in [0.25, 0.3) is 0 Å². The molecule has 1 rings (SSSR count). The van der Waals surface area contributed by atoms with Crippen molar-refractivity contribution in [3.8, 4) is 0 Å². The summed E-state index contributed by atoms with van der Waals surface area (Å²) in [7, 11) is 0. The van der Waals surface area contributed by atoms with Gasteiger partial charge in [-0.1, -0.05) is 19.4 Å². The SMILES string of the molecule is CCCC1=NCCC=C1C(=O)O. The Morgan fingerprint density at radius 3 is 3.08 bits per heavy atom. The van der Waals surface area contributed by atoms with Crippen LogP contribution in [0.3, 0.4) is 0 Å². The fraction of sp³-hybridized carbons (Fsp3) is 0.556. The molecule has 0 spiro atoms. The molecule has 0 saturated heterocycles. The second kappa shape index (κ2) is 4.04. The van der Waals surface area contributed by atoms with Crippen LogP contribution < -0.4 is 0 Å².